The summed E-state index contributed by atoms with van der Waals surface area (Å²) >= 11 is 0. The molecule has 0 fully saturated rings. The largest absolute Gasteiger partial charge is 0.319 e. The van der Waals surface area contributed by atoms with Gasteiger partial charge in [0.15, 0.2) is 0 Å². The van der Waals surface area contributed by atoms with Crippen LogP contribution in [0, 0.1) is 6.92 Å². The van der Waals surface area contributed by atoms with Crippen molar-refractivity contribution in [1.82, 2.24) is 25.2 Å². The monoisotopic (exact) mass is 330 g/mol. The number of aromatic nitrogens is 5. The second kappa shape index (κ2) is 6.12. The number of aryl methyl sites for hydroxylation is 1. The second-order valence-electron chi connectivity index (χ2n) is 5.57. The van der Waals surface area contributed by atoms with Crippen LogP contribution >= 0.6 is 0 Å². The minimum Gasteiger partial charge on any atom is -0.319 e. The van der Waals surface area contributed by atoms with Gasteiger partial charge in [-0.25, -0.2) is 0 Å². The number of amides is 1. The first-order valence-corrected chi connectivity index (χ1v) is 7.73. The molecule has 0 spiro atoms. The Balaban J connectivity index is 1.60. The molecule has 4 rings (SSSR count). The topological polar surface area (TPSA) is 85.6 Å². The molecule has 1 amide bonds. The highest BCUT2D eigenvalue weighted by atomic mass is 16.2. The van der Waals surface area contributed by atoms with Crippen LogP contribution < -0.4 is 5.32 Å². The van der Waals surface area contributed by atoms with Crippen molar-refractivity contribution in [2.24, 2.45) is 0 Å². The number of hydrogen-bond acceptors (Lipinski definition) is 5. The minimum atomic E-state index is -0.422. The van der Waals surface area contributed by atoms with Crippen molar-refractivity contribution in [2.45, 2.75) is 6.92 Å². The number of nitrogens with zero attached hydrogens (tertiary/aromatic N) is 5. The molecule has 25 heavy (non-hydrogen) atoms. The molecule has 1 N–H and O–H groups in total. The Morgan fingerprint density at radius 3 is 2.72 bits per heavy atom. The van der Waals surface area contributed by atoms with Crippen molar-refractivity contribution < 1.29 is 4.79 Å². The van der Waals surface area contributed by atoms with Crippen LogP contribution in [0.2, 0.25) is 0 Å². The number of fused-ring (bicyclic) bond motifs is 1. The van der Waals surface area contributed by atoms with Gasteiger partial charge in [0.05, 0.1) is 16.9 Å². The molecule has 0 aliphatic rings. The van der Waals surface area contributed by atoms with Crippen LogP contribution in [0.25, 0.3) is 16.6 Å². The SMILES string of the molecule is Cc1ccc(-n2nnc(C(=O)Nc3cccc4ncccc34)n2)cc1. The normalized spacial score (nSPS) is 10.8. The van der Waals surface area contributed by atoms with E-state index in [0.29, 0.717) is 5.69 Å². The highest BCUT2D eigenvalue weighted by Gasteiger charge is 2.15. The summed E-state index contributed by atoms with van der Waals surface area (Å²) in [6.07, 6.45) is 1.71. The summed E-state index contributed by atoms with van der Waals surface area (Å²) in [4.78, 5) is 18.1. The van der Waals surface area contributed by atoms with Crippen molar-refractivity contribution in [3.8, 4) is 5.69 Å². The number of pyridine rings is 1. The number of rotatable bonds is 3. The Morgan fingerprint density at radius 2 is 1.88 bits per heavy atom. The van der Waals surface area contributed by atoms with Crippen LogP contribution in [-0.4, -0.2) is 31.1 Å². The van der Waals surface area contributed by atoms with Gasteiger partial charge in [0.1, 0.15) is 0 Å². The lowest BCUT2D eigenvalue weighted by molar-refractivity contribution is 0.101. The molecule has 0 bridgehead atoms. The zero-order valence-electron chi connectivity index (χ0n) is 13.4. The number of benzene rings is 2. The van der Waals surface area contributed by atoms with Gasteiger partial charge in [-0.3, -0.25) is 9.78 Å². The Kier molecular flexibility index (Phi) is 3.66. The highest BCUT2D eigenvalue weighted by molar-refractivity contribution is 6.06. The molecule has 4 aromatic rings. The van der Waals surface area contributed by atoms with Gasteiger partial charge in [0.25, 0.3) is 11.7 Å². The third-order valence-corrected chi connectivity index (χ3v) is 3.78. The Morgan fingerprint density at radius 1 is 1.04 bits per heavy atom. The molecule has 0 saturated heterocycles. The molecule has 2 aromatic heterocycles. The summed E-state index contributed by atoms with van der Waals surface area (Å²) in [7, 11) is 0. The predicted octanol–water partition coefficient (Wildman–Crippen LogP) is 2.77. The summed E-state index contributed by atoms with van der Waals surface area (Å²) in [6.45, 7) is 2.00. The van der Waals surface area contributed by atoms with Gasteiger partial charge >= 0.3 is 0 Å². The molecule has 7 nitrogen and oxygen atoms in total. The van der Waals surface area contributed by atoms with Gasteiger partial charge in [-0.15, -0.1) is 15.0 Å². The van der Waals surface area contributed by atoms with Gasteiger partial charge < -0.3 is 5.32 Å². The van der Waals surface area contributed by atoms with E-state index in [2.05, 4.69) is 25.7 Å². The first kappa shape index (κ1) is 14.9. The number of hydrogen-bond donors (Lipinski definition) is 1. The third kappa shape index (κ3) is 2.94. The smallest absolute Gasteiger partial charge is 0.297 e. The highest BCUT2D eigenvalue weighted by Crippen LogP contribution is 2.21. The van der Waals surface area contributed by atoms with E-state index in [1.807, 2.05) is 61.5 Å². The van der Waals surface area contributed by atoms with E-state index in [0.717, 1.165) is 22.2 Å². The molecule has 2 aromatic carbocycles. The fourth-order valence-electron chi connectivity index (χ4n) is 2.48. The summed E-state index contributed by atoms with van der Waals surface area (Å²) in [5, 5.41) is 15.6. The molecule has 7 heteroatoms. The number of nitrogens with one attached hydrogen (secondary N) is 1. The lowest BCUT2D eigenvalue weighted by Crippen LogP contribution is -2.14. The molecule has 0 saturated carbocycles. The Bertz CT molecular complexity index is 1050. The average molecular weight is 330 g/mol. The lowest BCUT2D eigenvalue weighted by atomic mass is 10.2. The first-order chi connectivity index (χ1) is 12.2. The maximum Gasteiger partial charge on any atom is 0.297 e. The number of carbonyl (C=O) groups excluding carboxylic acids is 1. The average Bonchev–Trinajstić information content (AvgIpc) is 3.13. The number of anilines is 1. The van der Waals surface area contributed by atoms with Crippen LogP contribution in [0.3, 0.4) is 0 Å². The van der Waals surface area contributed by atoms with E-state index in [1.165, 1.54) is 4.80 Å². The molecular formula is C18H14N6O. The predicted molar refractivity (Wildman–Crippen MR) is 93.6 cm³/mol. The number of tetrazole rings is 1. The molecule has 0 atom stereocenters. The lowest BCUT2D eigenvalue weighted by Gasteiger charge is -2.06. The van der Waals surface area contributed by atoms with E-state index >= 15 is 0 Å². The maximum atomic E-state index is 12.4. The van der Waals surface area contributed by atoms with E-state index in [-0.39, 0.29) is 5.82 Å². The Hall–Kier alpha value is -3.61. The minimum absolute atomic E-state index is 0.00136. The van der Waals surface area contributed by atoms with Crippen molar-refractivity contribution in [1.29, 1.82) is 0 Å². The first-order valence-electron chi connectivity index (χ1n) is 7.73. The van der Waals surface area contributed by atoms with Crippen molar-refractivity contribution in [2.75, 3.05) is 5.32 Å². The third-order valence-electron chi connectivity index (χ3n) is 3.78. The molecule has 0 unspecified atom stereocenters. The fourth-order valence-corrected chi connectivity index (χ4v) is 2.48. The van der Waals surface area contributed by atoms with Crippen molar-refractivity contribution >= 4 is 22.5 Å². The molecule has 0 radical (unpaired) electrons. The zero-order valence-corrected chi connectivity index (χ0v) is 13.4. The van der Waals surface area contributed by atoms with Gasteiger partial charge in [-0.1, -0.05) is 23.8 Å². The van der Waals surface area contributed by atoms with Crippen molar-refractivity contribution in [3.05, 3.63) is 72.2 Å². The number of carbonyl (C=O) groups is 1. The van der Waals surface area contributed by atoms with Crippen molar-refractivity contribution in [3.63, 3.8) is 0 Å². The second-order valence-corrected chi connectivity index (χ2v) is 5.57. The summed E-state index contributed by atoms with van der Waals surface area (Å²) in [5.74, 6) is -0.420. The van der Waals surface area contributed by atoms with Gasteiger partial charge in [-0.05, 0) is 48.5 Å². The summed E-state index contributed by atoms with van der Waals surface area (Å²) < 4.78 is 0. The van der Waals surface area contributed by atoms with Crippen LogP contribution in [0.1, 0.15) is 16.2 Å². The molecule has 0 aliphatic carbocycles. The molecule has 2 heterocycles. The van der Waals surface area contributed by atoms with E-state index in [4.69, 9.17) is 0 Å². The summed E-state index contributed by atoms with van der Waals surface area (Å²) in [6, 6.07) is 16.9. The summed E-state index contributed by atoms with van der Waals surface area (Å²) in [5.41, 5.74) is 3.33. The quantitative estimate of drug-likeness (QED) is 0.624. The van der Waals surface area contributed by atoms with Crippen LogP contribution in [0.15, 0.2) is 60.8 Å². The Labute approximate surface area is 143 Å². The van der Waals surface area contributed by atoms with Gasteiger partial charge in [0, 0.05) is 11.6 Å². The van der Waals surface area contributed by atoms with Crippen LogP contribution in [0.5, 0.6) is 0 Å². The molecule has 122 valence electrons. The van der Waals surface area contributed by atoms with Gasteiger partial charge in [-0.2, -0.15) is 0 Å². The zero-order chi connectivity index (χ0) is 17.2. The maximum absolute atomic E-state index is 12.4. The van der Waals surface area contributed by atoms with Crippen LogP contribution in [0.4, 0.5) is 5.69 Å². The van der Waals surface area contributed by atoms with Crippen LogP contribution in [-0.2, 0) is 0 Å². The van der Waals surface area contributed by atoms with Gasteiger partial charge in [0.2, 0.25) is 0 Å². The van der Waals surface area contributed by atoms with E-state index in [1.54, 1.807) is 6.20 Å². The fraction of sp³-hybridized carbons (Fsp3) is 0.0556. The molecule has 0 aliphatic heterocycles. The standard InChI is InChI=1S/C18H14N6O/c1-12-7-9-13(10-8-12)24-22-17(21-23-24)18(25)20-16-6-2-5-15-14(16)4-3-11-19-15/h2-11H,1H3,(H,20,25). The van der Waals surface area contributed by atoms with E-state index < -0.39 is 5.91 Å². The van der Waals surface area contributed by atoms with E-state index in [9.17, 15) is 4.79 Å². The molecular weight excluding hydrogens is 316 g/mol.